The van der Waals surface area contributed by atoms with Gasteiger partial charge in [-0.25, -0.2) is 0 Å². The lowest BCUT2D eigenvalue weighted by Crippen LogP contribution is -2.33. The Hall–Kier alpha value is -2.88. The fraction of sp³-hybridized carbons (Fsp3) is 0.304. The standard InChI is InChI=1S/C23H26N2O2/c1-4-16(2)19-10-7-8-12-21(19)24-23(27)15-22-20-11-6-5-9-18(20)13-14-25(22)17(3)26/h5-14,16,22H,4,15H2,1-3H3,(H,24,27). The smallest absolute Gasteiger partial charge is 0.226 e. The lowest BCUT2D eigenvalue weighted by Gasteiger charge is -2.32. The number of rotatable bonds is 5. The van der Waals surface area contributed by atoms with Gasteiger partial charge in [0, 0.05) is 18.8 Å². The Labute approximate surface area is 160 Å². The number of carbonyl (C=O) groups is 2. The van der Waals surface area contributed by atoms with Crippen molar-refractivity contribution in [2.24, 2.45) is 0 Å². The van der Waals surface area contributed by atoms with Crippen LogP contribution in [0.3, 0.4) is 0 Å². The first-order valence-corrected chi connectivity index (χ1v) is 9.46. The molecule has 0 radical (unpaired) electrons. The van der Waals surface area contributed by atoms with E-state index < -0.39 is 0 Å². The first kappa shape index (κ1) is 18.9. The molecule has 3 rings (SSSR count). The van der Waals surface area contributed by atoms with Gasteiger partial charge in [-0.05, 0) is 41.2 Å². The van der Waals surface area contributed by atoms with Crippen molar-refractivity contribution in [3.8, 4) is 0 Å². The Morgan fingerprint density at radius 1 is 1.11 bits per heavy atom. The minimum Gasteiger partial charge on any atom is -0.326 e. The summed E-state index contributed by atoms with van der Waals surface area (Å²) >= 11 is 0. The third-order valence-corrected chi connectivity index (χ3v) is 5.23. The predicted octanol–water partition coefficient (Wildman–Crippen LogP) is 5.10. The molecule has 2 unspecified atom stereocenters. The summed E-state index contributed by atoms with van der Waals surface area (Å²) < 4.78 is 0. The Kier molecular flexibility index (Phi) is 5.75. The fourth-order valence-corrected chi connectivity index (χ4v) is 3.55. The first-order chi connectivity index (χ1) is 13.0. The van der Waals surface area contributed by atoms with Crippen LogP contribution >= 0.6 is 0 Å². The molecule has 2 atom stereocenters. The van der Waals surface area contributed by atoms with Gasteiger partial charge in [-0.15, -0.1) is 0 Å². The molecule has 0 spiro atoms. The van der Waals surface area contributed by atoms with Gasteiger partial charge in [0.05, 0.1) is 12.5 Å². The first-order valence-electron chi connectivity index (χ1n) is 9.46. The number of nitrogens with zero attached hydrogens (tertiary/aromatic N) is 1. The van der Waals surface area contributed by atoms with Crippen molar-refractivity contribution in [2.75, 3.05) is 5.32 Å². The lowest BCUT2D eigenvalue weighted by atomic mass is 9.93. The number of hydrogen-bond donors (Lipinski definition) is 1. The highest BCUT2D eigenvalue weighted by Gasteiger charge is 2.28. The molecule has 2 amide bonds. The van der Waals surface area contributed by atoms with Crippen LogP contribution in [0.15, 0.2) is 54.7 Å². The number of hydrogen-bond acceptors (Lipinski definition) is 2. The molecule has 27 heavy (non-hydrogen) atoms. The summed E-state index contributed by atoms with van der Waals surface area (Å²) in [7, 11) is 0. The van der Waals surface area contributed by atoms with E-state index in [0.717, 1.165) is 28.8 Å². The summed E-state index contributed by atoms with van der Waals surface area (Å²) in [6, 6.07) is 15.5. The second kappa shape index (κ2) is 8.21. The number of carbonyl (C=O) groups excluding carboxylic acids is 2. The maximum Gasteiger partial charge on any atom is 0.226 e. The molecule has 0 fully saturated rings. The number of anilines is 1. The van der Waals surface area contributed by atoms with Gasteiger partial charge < -0.3 is 10.2 Å². The van der Waals surface area contributed by atoms with E-state index in [9.17, 15) is 9.59 Å². The van der Waals surface area contributed by atoms with Crippen LogP contribution < -0.4 is 5.32 Å². The second-order valence-corrected chi connectivity index (χ2v) is 7.04. The molecule has 2 aromatic carbocycles. The van der Waals surface area contributed by atoms with Crippen molar-refractivity contribution >= 4 is 23.6 Å². The molecule has 0 aromatic heterocycles. The van der Waals surface area contributed by atoms with E-state index in [1.54, 1.807) is 11.1 Å². The number of benzene rings is 2. The molecule has 4 heteroatoms. The largest absolute Gasteiger partial charge is 0.326 e. The maximum absolute atomic E-state index is 12.8. The number of fused-ring (bicyclic) bond motifs is 1. The van der Waals surface area contributed by atoms with Crippen molar-refractivity contribution < 1.29 is 9.59 Å². The predicted molar refractivity (Wildman–Crippen MR) is 109 cm³/mol. The van der Waals surface area contributed by atoms with Crippen molar-refractivity contribution in [3.63, 3.8) is 0 Å². The van der Waals surface area contributed by atoms with E-state index in [-0.39, 0.29) is 24.3 Å². The van der Waals surface area contributed by atoms with Crippen molar-refractivity contribution in [1.29, 1.82) is 0 Å². The van der Waals surface area contributed by atoms with E-state index >= 15 is 0 Å². The summed E-state index contributed by atoms with van der Waals surface area (Å²) in [5.41, 5.74) is 4.04. The lowest BCUT2D eigenvalue weighted by molar-refractivity contribution is -0.129. The van der Waals surface area contributed by atoms with Gasteiger partial charge in [0.25, 0.3) is 0 Å². The molecule has 0 bridgehead atoms. The highest BCUT2D eigenvalue weighted by atomic mass is 16.2. The topological polar surface area (TPSA) is 49.4 Å². The zero-order chi connectivity index (χ0) is 19.4. The van der Waals surface area contributed by atoms with Crippen LogP contribution in [-0.4, -0.2) is 16.7 Å². The Morgan fingerprint density at radius 3 is 2.56 bits per heavy atom. The van der Waals surface area contributed by atoms with Crippen LogP contribution in [0.2, 0.25) is 0 Å². The molecule has 1 N–H and O–H groups in total. The normalized spacial score (nSPS) is 16.6. The average Bonchev–Trinajstić information content (AvgIpc) is 2.67. The van der Waals surface area contributed by atoms with Crippen LogP contribution in [-0.2, 0) is 9.59 Å². The average molecular weight is 362 g/mol. The molecule has 0 aliphatic carbocycles. The van der Waals surface area contributed by atoms with Gasteiger partial charge in [0.15, 0.2) is 0 Å². The molecule has 4 nitrogen and oxygen atoms in total. The summed E-state index contributed by atoms with van der Waals surface area (Å²) in [5, 5.41) is 3.06. The summed E-state index contributed by atoms with van der Waals surface area (Å²) in [4.78, 5) is 26.6. The van der Waals surface area contributed by atoms with Crippen molar-refractivity contribution in [2.45, 2.75) is 45.6 Å². The highest BCUT2D eigenvalue weighted by molar-refractivity contribution is 5.93. The summed E-state index contributed by atoms with van der Waals surface area (Å²) in [6.45, 7) is 5.82. The van der Waals surface area contributed by atoms with Crippen molar-refractivity contribution in [3.05, 3.63) is 71.4 Å². The molecule has 1 aliphatic heterocycles. The van der Waals surface area contributed by atoms with Crippen LogP contribution in [0.5, 0.6) is 0 Å². The fourth-order valence-electron chi connectivity index (χ4n) is 3.55. The quantitative estimate of drug-likeness (QED) is 0.804. The van der Waals surface area contributed by atoms with Gasteiger partial charge in [-0.2, -0.15) is 0 Å². The molecule has 0 saturated carbocycles. The Bertz CT molecular complexity index is 872. The van der Waals surface area contributed by atoms with Gasteiger partial charge >= 0.3 is 0 Å². The Balaban J connectivity index is 1.83. The molecule has 2 aromatic rings. The minimum atomic E-state index is -0.292. The van der Waals surface area contributed by atoms with Gasteiger partial charge in [0.2, 0.25) is 11.8 Å². The Morgan fingerprint density at radius 2 is 1.81 bits per heavy atom. The van der Waals surface area contributed by atoms with E-state index in [4.69, 9.17) is 0 Å². The van der Waals surface area contributed by atoms with Crippen LogP contribution in [0.1, 0.15) is 62.3 Å². The van der Waals surface area contributed by atoms with Crippen molar-refractivity contribution in [1.82, 2.24) is 4.90 Å². The van der Waals surface area contributed by atoms with E-state index in [1.165, 1.54) is 6.92 Å². The molecule has 1 aliphatic rings. The number of para-hydroxylation sites is 1. The zero-order valence-electron chi connectivity index (χ0n) is 16.1. The number of amides is 2. The van der Waals surface area contributed by atoms with Gasteiger partial charge in [-0.1, -0.05) is 56.3 Å². The number of nitrogens with one attached hydrogen (secondary N) is 1. The van der Waals surface area contributed by atoms with E-state index in [2.05, 4.69) is 25.2 Å². The molecular weight excluding hydrogens is 336 g/mol. The highest BCUT2D eigenvalue weighted by Crippen LogP contribution is 2.33. The maximum atomic E-state index is 12.8. The molecule has 140 valence electrons. The summed E-state index contributed by atoms with van der Waals surface area (Å²) in [5.74, 6) is 0.208. The minimum absolute atomic E-state index is 0.0708. The van der Waals surface area contributed by atoms with Crippen LogP contribution in [0, 0.1) is 0 Å². The molecule has 0 saturated heterocycles. The third kappa shape index (κ3) is 4.11. The van der Waals surface area contributed by atoms with Gasteiger partial charge in [-0.3, -0.25) is 9.59 Å². The summed E-state index contributed by atoms with van der Waals surface area (Å²) in [6.07, 6.45) is 4.92. The third-order valence-electron chi connectivity index (χ3n) is 5.23. The SMILES string of the molecule is CCC(C)c1ccccc1NC(=O)CC1c2ccccc2C=CN1C(C)=O. The monoisotopic (exact) mass is 362 g/mol. The second-order valence-electron chi connectivity index (χ2n) is 7.04. The zero-order valence-corrected chi connectivity index (χ0v) is 16.1. The van der Waals surface area contributed by atoms with Gasteiger partial charge in [0.1, 0.15) is 0 Å². The van der Waals surface area contributed by atoms with Crippen LogP contribution in [0.4, 0.5) is 5.69 Å². The van der Waals surface area contributed by atoms with E-state index in [1.807, 2.05) is 48.5 Å². The molecule has 1 heterocycles. The van der Waals surface area contributed by atoms with E-state index in [0.29, 0.717) is 5.92 Å². The molecular formula is C23H26N2O2. The van der Waals surface area contributed by atoms with Crippen LogP contribution in [0.25, 0.3) is 6.08 Å².